The molecular weight excluding hydrogens is 261 g/mol. The molecule has 0 saturated heterocycles. The van der Waals surface area contributed by atoms with E-state index in [4.69, 9.17) is 16.3 Å². The molecule has 0 saturated carbocycles. The second kappa shape index (κ2) is 4.78. The van der Waals surface area contributed by atoms with Crippen molar-refractivity contribution >= 4 is 28.5 Å². The zero-order valence-corrected chi connectivity index (χ0v) is 10.4. The Kier molecular flexibility index (Phi) is 3.34. The molecule has 0 atom stereocenters. The second-order valence-electron chi connectivity index (χ2n) is 3.50. The third-order valence-electron chi connectivity index (χ3n) is 2.43. The highest BCUT2D eigenvalue weighted by atomic mass is 35.5. The zero-order valence-electron chi connectivity index (χ0n) is 9.66. The van der Waals surface area contributed by atoms with E-state index < -0.39 is 11.8 Å². The third kappa shape index (κ3) is 2.09. The summed E-state index contributed by atoms with van der Waals surface area (Å²) in [5.74, 6) is -0.861. The van der Waals surface area contributed by atoms with Gasteiger partial charge in [-0.1, -0.05) is 11.6 Å². The van der Waals surface area contributed by atoms with E-state index >= 15 is 0 Å². The number of hydrogen-bond donors (Lipinski definition) is 0. The van der Waals surface area contributed by atoms with Crippen LogP contribution in [0.3, 0.4) is 0 Å². The van der Waals surface area contributed by atoms with Gasteiger partial charge >= 0.3 is 5.97 Å². The molecule has 1 heterocycles. The minimum atomic E-state index is -0.627. The molecule has 4 nitrogen and oxygen atoms in total. The Balaban J connectivity index is 2.75. The maximum atomic E-state index is 13.3. The van der Waals surface area contributed by atoms with Gasteiger partial charge in [0.15, 0.2) is 0 Å². The van der Waals surface area contributed by atoms with E-state index in [1.54, 1.807) is 0 Å². The Bertz CT molecular complexity index is 630. The third-order valence-corrected chi connectivity index (χ3v) is 2.71. The predicted molar refractivity (Wildman–Crippen MR) is 64.6 cm³/mol. The summed E-state index contributed by atoms with van der Waals surface area (Å²) in [6.07, 6.45) is 0. The van der Waals surface area contributed by atoms with Crippen LogP contribution in [-0.4, -0.2) is 25.2 Å². The number of esters is 1. The van der Waals surface area contributed by atoms with Crippen molar-refractivity contribution in [2.24, 2.45) is 0 Å². The van der Waals surface area contributed by atoms with Crippen LogP contribution in [-0.2, 0) is 4.74 Å². The van der Waals surface area contributed by atoms with Crippen molar-refractivity contribution < 1.29 is 18.7 Å². The van der Waals surface area contributed by atoms with Crippen molar-refractivity contribution in [2.75, 3.05) is 14.2 Å². The van der Waals surface area contributed by atoms with Gasteiger partial charge < -0.3 is 9.47 Å². The van der Waals surface area contributed by atoms with E-state index in [-0.39, 0.29) is 16.5 Å². The summed E-state index contributed by atoms with van der Waals surface area (Å²) in [4.78, 5) is 15.5. The Morgan fingerprint density at radius 1 is 1.33 bits per heavy atom. The fourth-order valence-corrected chi connectivity index (χ4v) is 1.82. The van der Waals surface area contributed by atoms with Crippen molar-refractivity contribution in [1.29, 1.82) is 0 Å². The molecule has 0 N–H and O–H groups in total. The Morgan fingerprint density at radius 3 is 2.67 bits per heavy atom. The smallest absolute Gasteiger partial charge is 0.341 e. The Labute approximate surface area is 107 Å². The van der Waals surface area contributed by atoms with Gasteiger partial charge in [0, 0.05) is 11.5 Å². The van der Waals surface area contributed by atoms with Crippen LogP contribution < -0.4 is 4.74 Å². The van der Waals surface area contributed by atoms with Crippen LogP contribution in [0, 0.1) is 5.82 Å². The van der Waals surface area contributed by atoms with E-state index in [0.29, 0.717) is 10.9 Å². The first-order chi connectivity index (χ1) is 8.56. The zero-order chi connectivity index (χ0) is 13.3. The molecule has 2 aromatic rings. The molecule has 6 heteroatoms. The first-order valence-electron chi connectivity index (χ1n) is 4.99. The highest BCUT2D eigenvalue weighted by Crippen LogP contribution is 2.29. The van der Waals surface area contributed by atoms with Crippen molar-refractivity contribution in [3.63, 3.8) is 0 Å². The number of carbonyl (C=O) groups excluding carboxylic acids is 1. The summed E-state index contributed by atoms with van der Waals surface area (Å²) in [7, 11) is 2.63. The monoisotopic (exact) mass is 269 g/mol. The van der Waals surface area contributed by atoms with Crippen molar-refractivity contribution in [3.05, 3.63) is 34.7 Å². The van der Waals surface area contributed by atoms with Crippen LogP contribution in [0.15, 0.2) is 18.2 Å². The maximum Gasteiger partial charge on any atom is 0.341 e. The number of methoxy groups -OCH3 is 2. The van der Waals surface area contributed by atoms with Gasteiger partial charge in [-0.15, -0.1) is 0 Å². The molecule has 0 radical (unpaired) electrons. The fourth-order valence-electron chi connectivity index (χ4n) is 1.61. The quantitative estimate of drug-likeness (QED) is 0.621. The van der Waals surface area contributed by atoms with Crippen LogP contribution >= 0.6 is 11.6 Å². The van der Waals surface area contributed by atoms with Crippen LogP contribution in [0.4, 0.5) is 4.39 Å². The lowest BCUT2D eigenvalue weighted by atomic mass is 10.1. The van der Waals surface area contributed by atoms with E-state index in [9.17, 15) is 9.18 Å². The summed E-state index contributed by atoms with van der Waals surface area (Å²) in [6, 6.07) is 3.86. The van der Waals surface area contributed by atoms with Crippen LogP contribution in [0.1, 0.15) is 10.4 Å². The second-order valence-corrected chi connectivity index (χ2v) is 3.86. The largest absolute Gasteiger partial charge is 0.494 e. The van der Waals surface area contributed by atoms with E-state index in [1.807, 2.05) is 0 Å². The number of fused-ring (bicyclic) bond motifs is 1. The number of nitrogens with zero attached hydrogens (tertiary/aromatic N) is 1. The minimum absolute atomic E-state index is 0.0146. The molecule has 0 spiro atoms. The molecule has 0 aliphatic rings. The molecule has 18 heavy (non-hydrogen) atoms. The van der Waals surface area contributed by atoms with Crippen molar-refractivity contribution in [3.8, 4) is 5.75 Å². The lowest BCUT2D eigenvalue weighted by Gasteiger charge is -2.08. The van der Waals surface area contributed by atoms with Gasteiger partial charge in [0.1, 0.15) is 22.2 Å². The number of carbonyl (C=O) groups is 1. The molecule has 1 aromatic heterocycles. The topological polar surface area (TPSA) is 48.4 Å². The standard InChI is InChI=1S/C12H9ClFNO3/c1-17-9-5-7(14)3-6-4-8(12(16)18-2)11(13)15-10(6)9/h3-5H,1-2H3. The van der Waals surface area contributed by atoms with E-state index in [1.165, 1.54) is 32.4 Å². The van der Waals surface area contributed by atoms with Crippen molar-refractivity contribution in [2.45, 2.75) is 0 Å². The van der Waals surface area contributed by atoms with E-state index in [0.717, 1.165) is 0 Å². The Hall–Kier alpha value is -1.88. The van der Waals surface area contributed by atoms with Gasteiger partial charge in [0.05, 0.1) is 19.8 Å². The van der Waals surface area contributed by atoms with Crippen LogP contribution in [0.2, 0.25) is 5.15 Å². The molecule has 0 aliphatic carbocycles. The van der Waals surface area contributed by atoms with Crippen LogP contribution in [0.5, 0.6) is 5.75 Å². The number of aromatic nitrogens is 1. The lowest BCUT2D eigenvalue weighted by Crippen LogP contribution is -2.04. The molecule has 0 fully saturated rings. The van der Waals surface area contributed by atoms with E-state index in [2.05, 4.69) is 9.72 Å². The van der Waals surface area contributed by atoms with Gasteiger partial charge in [0.2, 0.25) is 0 Å². The number of pyridine rings is 1. The van der Waals surface area contributed by atoms with Crippen LogP contribution in [0.25, 0.3) is 10.9 Å². The maximum absolute atomic E-state index is 13.3. The molecule has 0 unspecified atom stereocenters. The molecule has 1 aromatic carbocycles. The number of hydrogen-bond acceptors (Lipinski definition) is 4. The average molecular weight is 270 g/mol. The summed E-state index contributed by atoms with van der Waals surface area (Å²) in [5.41, 5.74) is 0.468. The fraction of sp³-hybridized carbons (Fsp3) is 0.167. The molecular formula is C12H9ClFNO3. The summed E-state index contributed by atoms with van der Waals surface area (Å²) in [5, 5.41) is 0.399. The van der Waals surface area contributed by atoms with Gasteiger partial charge in [-0.3, -0.25) is 0 Å². The number of ether oxygens (including phenoxy) is 2. The van der Waals surface area contributed by atoms with Gasteiger partial charge in [-0.2, -0.15) is 0 Å². The predicted octanol–water partition coefficient (Wildman–Crippen LogP) is 2.82. The highest BCUT2D eigenvalue weighted by Gasteiger charge is 2.16. The van der Waals surface area contributed by atoms with Gasteiger partial charge in [-0.05, 0) is 12.1 Å². The van der Waals surface area contributed by atoms with Crippen molar-refractivity contribution in [1.82, 2.24) is 4.98 Å². The molecule has 0 amide bonds. The SMILES string of the molecule is COC(=O)c1cc2cc(F)cc(OC)c2nc1Cl. The molecule has 0 bridgehead atoms. The lowest BCUT2D eigenvalue weighted by molar-refractivity contribution is 0.0600. The average Bonchev–Trinajstić information content (AvgIpc) is 2.36. The van der Waals surface area contributed by atoms with Gasteiger partial charge in [0.25, 0.3) is 0 Å². The summed E-state index contributed by atoms with van der Waals surface area (Å²) >= 11 is 5.88. The number of benzene rings is 1. The molecule has 0 aliphatic heterocycles. The van der Waals surface area contributed by atoms with Gasteiger partial charge in [-0.25, -0.2) is 14.2 Å². The summed E-state index contributed by atoms with van der Waals surface area (Å²) < 4.78 is 22.9. The first-order valence-corrected chi connectivity index (χ1v) is 5.36. The minimum Gasteiger partial charge on any atom is -0.494 e. The Morgan fingerprint density at radius 2 is 2.06 bits per heavy atom. The highest BCUT2D eigenvalue weighted by molar-refractivity contribution is 6.33. The normalized spacial score (nSPS) is 10.4. The summed E-state index contributed by atoms with van der Waals surface area (Å²) in [6.45, 7) is 0. The first kappa shape index (κ1) is 12.6. The molecule has 2 rings (SSSR count). The molecule has 94 valence electrons. The number of rotatable bonds is 2. The number of halogens is 2.